The van der Waals surface area contributed by atoms with E-state index in [1.807, 2.05) is 37.3 Å². The van der Waals surface area contributed by atoms with Gasteiger partial charge in [-0.15, -0.1) is 0 Å². The van der Waals surface area contributed by atoms with Crippen LogP contribution in [0.1, 0.15) is 56.9 Å². The highest BCUT2D eigenvalue weighted by atomic mass is 16.4. The van der Waals surface area contributed by atoms with E-state index >= 15 is 0 Å². The first-order valence-corrected chi connectivity index (χ1v) is 8.17. The van der Waals surface area contributed by atoms with Crippen LogP contribution < -0.4 is 5.32 Å². The number of carboxylic acid groups (broad SMARTS) is 1. The molecule has 1 fully saturated rings. The summed E-state index contributed by atoms with van der Waals surface area (Å²) in [6, 6.07) is 9.35. The third kappa shape index (κ3) is 4.33. The number of nitrogens with one attached hydrogen (secondary N) is 1. The number of hydrogen-bond acceptors (Lipinski definition) is 2. The van der Waals surface area contributed by atoms with E-state index in [2.05, 4.69) is 5.32 Å². The standard InChI is InChI=1S/C18H25NO3/c1-13(14-9-5-4-6-10-14)17(20)19-16-12-8-3-2-7-11-15(16)18(21)22/h4-6,9-10,13,15-16H,2-3,7-8,11-12H2,1H3,(H,19,20)(H,21,22). The molecule has 3 unspecified atom stereocenters. The Hall–Kier alpha value is -1.84. The third-order valence-corrected chi connectivity index (χ3v) is 4.60. The molecule has 1 aromatic carbocycles. The van der Waals surface area contributed by atoms with Gasteiger partial charge in [0, 0.05) is 6.04 Å². The third-order valence-electron chi connectivity index (χ3n) is 4.60. The number of carboxylic acids is 1. The summed E-state index contributed by atoms with van der Waals surface area (Å²) < 4.78 is 0. The summed E-state index contributed by atoms with van der Waals surface area (Å²) in [5.74, 6) is -1.60. The normalized spacial score (nSPS) is 23.9. The first-order chi connectivity index (χ1) is 10.6. The molecule has 120 valence electrons. The fourth-order valence-electron chi connectivity index (χ4n) is 3.15. The van der Waals surface area contributed by atoms with Gasteiger partial charge in [0.1, 0.15) is 0 Å². The van der Waals surface area contributed by atoms with Gasteiger partial charge in [0.05, 0.1) is 11.8 Å². The van der Waals surface area contributed by atoms with Crippen molar-refractivity contribution in [3.8, 4) is 0 Å². The summed E-state index contributed by atoms with van der Waals surface area (Å²) in [6.45, 7) is 1.86. The number of carbonyl (C=O) groups excluding carboxylic acids is 1. The van der Waals surface area contributed by atoms with Gasteiger partial charge in [-0.2, -0.15) is 0 Å². The van der Waals surface area contributed by atoms with E-state index in [1.165, 1.54) is 0 Å². The minimum Gasteiger partial charge on any atom is -0.481 e. The van der Waals surface area contributed by atoms with Gasteiger partial charge in [-0.3, -0.25) is 9.59 Å². The lowest BCUT2D eigenvalue weighted by Gasteiger charge is -2.28. The second kappa shape index (κ2) is 7.97. The van der Waals surface area contributed by atoms with E-state index in [4.69, 9.17) is 0 Å². The molecule has 0 aliphatic heterocycles. The van der Waals surface area contributed by atoms with Gasteiger partial charge in [-0.25, -0.2) is 0 Å². The van der Waals surface area contributed by atoms with Crippen molar-refractivity contribution in [2.45, 2.75) is 57.4 Å². The molecule has 0 aromatic heterocycles. The van der Waals surface area contributed by atoms with Crippen LogP contribution in [-0.4, -0.2) is 23.0 Å². The minimum atomic E-state index is -0.792. The maximum atomic E-state index is 12.5. The van der Waals surface area contributed by atoms with Crippen molar-refractivity contribution in [2.75, 3.05) is 0 Å². The average molecular weight is 303 g/mol. The molecule has 0 saturated heterocycles. The van der Waals surface area contributed by atoms with Gasteiger partial charge in [0.25, 0.3) is 0 Å². The highest BCUT2D eigenvalue weighted by Gasteiger charge is 2.31. The zero-order valence-corrected chi connectivity index (χ0v) is 13.1. The molecule has 3 atom stereocenters. The molecule has 22 heavy (non-hydrogen) atoms. The fourth-order valence-corrected chi connectivity index (χ4v) is 3.15. The van der Waals surface area contributed by atoms with Crippen LogP contribution in [0.5, 0.6) is 0 Å². The second-order valence-corrected chi connectivity index (χ2v) is 6.18. The monoisotopic (exact) mass is 303 g/mol. The zero-order valence-electron chi connectivity index (χ0n) is 13.1. The topological polar surface area (TPSA) is 66.4 Å². The Morgan fingerprint density at radius 2 is 1.73 bits per heavy atom. The molecule has 0 heterocycles. The molecule has 2 rings (SSSR count). The number of benzene rings is 1. The number of rotatable bonds is 4. The van der Waals surface area contributed by atoms with Gasteiger partial charge >= 0.3 is 5.97 Å². The summed E-state index contributed by atoms with van der Waals surface area (Å²) in [6.07, 6.45) is 5.52. The van der Waals surface area contributed by atoms with E-state index in [-0.39, 0.29) is 17.9 Å². The van der Waals surface area contributed by atoms with Gasteiger partial charge < -0.3 is 10.4 Å². The van der Waals surface area contributed by atoms with Crippen LogP contribution in [0.4, 0.5) is 0 Å². The molecule has 2 N–H and O–H groups in total. The summed E-state index contributed by atoms with van der Waals surface area (Å²) in [4.78, 5) is 24.0. The molecule has 1 amide bonds. The van der Waals surface area contributed by atoms with Crippen molar-refractivity contribution >= 4 is 11.9 Å². The van der Waals surface area contributed by atoms with E-state index in [0.717, 1.165) is 37.7 Å². The predicted octanol–water partition coefficient (Wildman–Crippen LogP) is 3.33. The molecule has 1 aliphatic carbocycles. The second-order valence-electron chi connectivity index (χ2n) is 6.18. The van der Waals surface area contributed by atoms with Crippen LogP contribution in [-0.2, 0) is 9.59 Å². The molecule has 0 bridgehead atoms. The molecule has 0 spiro atoms. The highest BCUT2D eigenvalue weighted by molar-refractivity contribution is 5.84. The molecule has 4 nitrogen and oxygen atoms in total. The molecule has 1 aromatic rings. The maximum Gasteiger partial charge on any atom is 0.308 e. The van der Waals surface area contributed by atoms with Gasteiger partial charge in [-0.05, 0) is 25.3 Å². The van der Waals surface area contributed by atoms with Gasteiger partial charge in [0.15, 0.2) is 0 Å². The van der Waals surface area contributed by atoms with Crippen LogP contribution in [0.2, 0.25) is 0 Å². The van der Waals surface area contributed by atoms with Crippen LogP contribution in [0.25, 0.3) is 0 Å². The lowest BCUT2D eigenvalue weighted by Crippen LogP contribution is -2.45. The lowest BCUT2D eigenvalue weighted by atomic mass is 9.86. The van der Waals surface area contributed by atoms with Crippen LogP contribution in [0.15, 0.2) is 30.3 Å². The van der Waals surface area contributed by atoms with E-state index < -0.39 is 11.9 Å². The molecule has 0 radical (unpaired) electrons. The molecular weight excluding hydrogens is 278 g/mol. The first kappa shape index (κ1) is 16.5. The minimum absolute atomic E-state index is 0.0805. The van der Waals surface area contributed by atoms with Crippen LogP contribution >= 0.6 is 0 Å². The fraction of sp³-hybridized carbons (Fsp3) is 0.556. The van der Waals surface area contributed by atoms with E-state index in [9.17, 15) is 14.7 Å². The van der Waals surface area contributed by atoms with Crippen molar-refractivity contribution in [3.05, 3.63) is 35.9 Å². The molecule has 1 aliphatic rings. The first-order valence-electron chi connectivity index (χ1n) is 8.17. The maximum absolute atomic E-state index is 12.5. The number of amides is 1. The van der Waals surface area contributed by atoms with Crippen molar-refractivity contribution < 1.29 is 14.7 Å². The molecular formula is C18H25NO3. The Labute approximate surface area is 131 Å². The SMILES string of the molecule is CC(C(=O)NC1CCCCCCC1C(=O)O)c1ccccc1. The highest BCUT2D eigenvalue weighted by Crippen LogP contribution is 2.24. The quantitative estimate of drug-likeness (QED) is 0.896. The van der Waals surface area contributed by atoms with Crippen molar-refractivity contribution in [3.63, 3.8) is 0 Å². The van der Waals surface area contributed by atoms with Crippen molar-refractivity contribution in [1.29, 1.82) is 0 Å². The Balaban J connectivity index is 2.04. The van der Waals surface area contributed by atoms with Crippen molar-refractivity contribution in [1.82, 2.24) is 5.32 Å². The number of aliphatic carboxylic acids is 1. The Bertz CT molecular complexity index is 500. The largest absolute Gasteiger partial charge is 0.481 e. The Morgan fingerprint density at radius 3 is 2.36 bits per heavy atom. The predicted molar refractivity (Wildman–Crippen MR) is 85.6 cm³/mol. The zero-order chi connectivity index (χ0) is 15.9. The van der Waals surface area contributed by atoms with Gasteiger partial charge in [0.2, 0.25) is 5.91 Å². The molecule has 1 saturated carbocycles. The van der Waals surface area contributed by atoms with Crippen LogP contribution in [0.3, 0.4) is 0 Å². The Morgan fingerprint density at radius 1 is 1.09 bits per heavy atom. The van der Waals surface area contributed by atoms with E-state index in [1.54, 1.807) is 0 Å². The smallest absolute Gasteiger partial charge is 0.308 e. The summed E-state index contributed by atoms with van der Waals surface area (Å²) in [5.41, 5.74) is 0.956. The number of carbonyl (C=O) groups is 2. The number of hydrogen-bond donors (Lipinski definition) is 2. The van der Waals surface area contributed by atoms with Crippen molar-refractivity contribution in [2.24, 2.45) is 5.92 Å². The molecule has 4 heteroatoms. The van der Waals surface area contributed by atoms with Gasteiger partial charge in [-0.1, -0.05) is 56.0 Å². The summed E-state index contributed by atoms with van der Waals surface area (Å²) in [5, 5.41) is 12.4. The Kier molecular flexibility index (Phi) is 5.99. The van der Waals surface area contributed by atoms with E-state index in [0.29, 0.717) is 6.42 Å². The lowest BCUT2D eigenvalue weighted by molar-refractivity contribution is -0.143. The summed E-state index contributed by atoms with van der Waals surface area (Å²) in [7, 11) is 0. The van der Waals surface area contributed by atoms with Crippen LogP contribution in [0, 0.1) is 5.92 Å². The summed E-state index contributed by atoms with van der Waals surface area (Å²) >= 11 is 0. The average Bonchev–Trinajstić information content (AvgIpc) is 2.49.